The van der Waals surface area contributed by atoms with Gasteiger partial charge in [0.25, 0.3) is 0 Å². The molecule has 8 nitrogen and oxygen atoms in total. The van der Waals surface area contributed by atoms with Gasteiger partial charge in [-0.1, -0.05) is 23.7 Å². The maximum Gasteiger partial charge on any atom is 0.184 e. The summed E-state index contributed by atoms with van der Waals surface area (Å²) in [7, 11) is 1.70. The van der Waals surface area contributed by atoms with Crippen molar-refractivity contribution in [1.29, 1.82) is 0 Å². The van der Waals surface area contributed by atoms with Gasteiger partial charge in [-0.25, -0.2) is 4.98 Å². The van der Waals surface area contributed by atoms with Crippen molar-refractivity contribution >= 4 is 22.6 Å². The Kier molecular flexibility index (Phi) is 5.11. The molecule has 1 fully saturated rings. The van der Waals surface area contributed by atoms with Crippen molar-refractivity contribution in [2.45, 2.75) is 30.8 Å². The molecule has 0 amide bonds. The number of hydrogen-bond acceptors (Lipinski definition) is 6. The Labute approximate surface area is 166 Å². The molecule has 5 N–H and O–H groups in total. The molecule has 1 aromatic carbocycles. The first-order valence-electron chi connectivity index (χ1n) is 9.05. The summed E-state index contributed by atoms with van der Waals surface area (Å²) < 4.78 is 1.87. The van der Waals surface area contributed by atoms with Crippen LogP contribution in [0.3, 0.4) is 0 Å². The Bertz CT molecular complexity index is 1030. The minimum absolute atomic E-state index is 0.402. The fourth-order valence-corrected chi connectivity index (χ4v) is 4.14. The lowest BCUT2D eigenvalue weighted by atomic mass is 9.92. The number of H-pyrrole nitrogens is 1. The van der Waals surface area contributed by atoms with Crippen molar-refractivity contribution in [2.75, 3.05) is 7.05 Å². The summed E-state index contributed by atoms with van der Waals surface area (Å²) in [6.07, 6.45) is 0.784. The number of hydrogen-bond donors (Lipinski definition) is 5. The third-order valence-corrected chi connectivity index (χ3v) is 5.68. The highest BCUT2D eigenvalue weighted by Gasteiger charge is 2.46. The van der Waals surface area contributed by atoms with E-state index in [-0.39, 0.29) is 0 Å². The average Bonchev–Trinajstić information content (AvgIpc) is 3.25. The first kappa shape index (κ1) is 18.9. The molecule has 2 heterocycles. The van der Waals surface area contributed by atoms with Gasteiger partial charge in [0.2, 0.25) is 0 Å². The van der Waals surface area contributed by atoms with Gasteiger partial charge in [-0.3, -0.25) is 0 Å². The second kappa shape index (κ2) is 7.56. The topological polar surface area (TPSA) is 119 Å². The zero-order chi connectivity index (χ0) is 19.8. The van der Waals surface area contributed by atoms with Gasteiger partial charge in [0.15, 0.2) is 5.49 Å². The molecule has 4 rings (SSSR count). The van der Waals surface area contributed by atoms with Gasteiger partial charge >= 0.3 is 0 Å². The first-order chi connectivity index (χ1) is 13.5. The third-order valence-electron chi connectivity index (χ3n) is 5.43. The lowest BCUT2D eigenvalue weighted by Gasteiger charge is -2.22. The Balaban J connectivity index is 1.67. The van der Waals surface area contributed by atoms with Gasteiger partial charge in [0, 0.05) is 24.2 Å². The summed E-state index contributed by atoms with van der Waals surface area (Å²) >= 11 is 5.91. The number of benzene rings is 1. The van der Waals surface area contributed by atoms with E-state index in [2.05, 4.69) is 20.5 Å². The van der Waals surface area contributed by atoms with E-state index in [9.17, 15) is 15.3 Å². The highest BCUT2D eigenvalue weighted by Crippen LogP contribution is 2.42. The molecule has 0 bridgehead atoms. The van der Waals surface area contributed by atoms with Gasteiger partial charge in [-0.05, 0) is 30.2 Å². The van der Waals surface area contributed by atoms with Crippen LogP contribution in [0.15, 0.2) is 48.0 Å². The maximum atomic E-state index is 10.8. The SMILES string of the molecule is CN/N=c1/nc[nH]c2c1ccn2[C@@H]1C[C@H]([C@H](O)c2ccc(Cl)cc2)[C@@H](O)[C@H]1O. The smallest absolute Gasteiger partial charge is 0.184 e. The first-order valence-corrected chi connectivity index (χ1v) is 9.43. The number of fused-ring (bicyclic) bond motifs is 1. The number of nitrogens with one attached hydrogen (secondary N) is 2. The molecule has 0 radical (unpaired) electrons. The zero-order valence-corrected chi connectivity index (χ0v) is 16.0. The number of rotatable bonds is 4. The van der Waals surface area contributed by atoms with Crippen molar-refractivity contribution in [3.05, 3.63) is 58.9 Å². The van der Waals surface area contributed by atoms with E-state index in [1.807, 2.05) is 16.8 Å². The molecule has 0 saturated heterocycles. The van der Waals surface area contributed by atoms with E-state index in [0.717, 1.165) is 11.0 Å². The van der Waals surface area contributed by atoms with Crippen molar-refractivity contribution in [2.24, 2.45) is 11.0 Å². The minimum Gasteiger partial charge on any atom is -0.390 e. The van der Waals surface area contributed by atoms with Crippen LogP contribution in [0.5, 0.6) is 0 Å². The van der Waals surface area contributed by atoms with Crippen LogP contribution in [0.1, 0.15) is 24.1 Å². The van der Waals surface area contributed by atoms with Gasteiger partial charge in [0.05, 0.1) is 30.0 Å². The van der Waals surface area contributed by atoms with E-state index in [0.29, 0.717) is 22.5 Å². The van der Waals surface area contributed by atoms with Crippen LogP contribution in [0, 0.1) is 5.92 Å². The molecule has 0 spiro atoms. The molecule has 2 aromatic heterocycles. The molecule has 148 valence electrons. The van der Waals surface area contributed by atoms with Crippen LogP contribution in [-0.2, 0) is 0 Å². The quantitative estimate of drug-likeness (QED) is 0.417. The van der Waals surface area contributed by atoms with Gasteiger partial charge in [-0.2, -0.15) is 5.10 Å². The summed E-state index contributed by atoms with van der Waals surface area (Å²) in [5.41, 5.74) is 4.65. The van der Waals surface area contributed by atoms with E-state index >= 15 is 0 Å². The zero-order valence-electron chi connectivity index (χ0n) is 15.2. The fraction of sp³-hybridized carbons (Fsp3) is 0.368. The predicted octanol–water partition coefficient (Wildman–Crippen LogP) is 1.07. The number of aromatic nitrogens is 3. The normalized spacial score (nSPS) is 26.7. The van der Waals surface area contributed by atoms with Crippen molar-refractivity contribution in [3.8, 4) is 0 Å². The van der Waals surface area contributed by atoms with Gasteiger partial charge < -0.3 is 30.3 Å². The second-order valence-electron chi connectivity index (χ2n) is 6.99. The van der Waals surface area contributed by atoms with Crippen LogP contribution in [-0.4, -0.2) is 49.1 Å². The number of aromatic amines is 1. The van der Waals surface area contributed by atoms with Crippen molar-refractivity contribution in [3.63, 3.8) is 0 Å². The Morgan fingerprint density at radius 2 is 2.00 bits per heavy atom. The molecular weight excluding hydrogens is 382 g/mol. The molecule has 1 saturated carbocycles. The average molecular weight is 404 g/mol. The lowest BCUT2D eigenvalue weighted by molar-refractivity contribution is -0.0264. The molecule has 1 aliphatic rings. The Hall–Kier alpha value is -2.39. The maximum absolute atomic E-state index is 10.8. The molecule has 28 heavy (non-hydrogen) atoms. The molecule has 9 heteroatoms. The third kappa shape index (κ3) is 3.18. The molecule has 0 unspecified atom stereocenters. The van der Waals surface area contributed by atoms with Crippen LogP contribution in [0.25, 0.3) is 11.0 Å². The predicted molar refractivity (Wildman–Crippen MR) is 104 cm³/mol. The van der Waals surface area contributed by atoms with Crippen LogP contribution < -0.4 is 10.9 Å². The van der Waals surface area contributed by atoms with Crippen LogP contribution in [0.4, 0.5) is 0 Å². The molecule has 5 atom stereocenters. The summed E-state index contributed by atoms with van der Waals surface area (Å²) in [4.78, 5) is 7.29. The Morgan fingerprint density at radius 3 is 2.71 bits per heavy atom. The highest BCUT2D eigenvalue weighted by molar-refractivity contribution is 6.30. The number of aliphatic hydroxyl groups is 3. The number of halogens is 1. The van der Waals surface area contributed by atoms with E-state index in [4.69, 9.17) is 11.6 Å². The van der Waals surface area contributed by atoms with Crippen molar-refractivity contribution in [1.82, 2.24) is 20.0 Å². The molecule has 1 aliphatic carbocycles. The summed E-state index contributed by atoms with van der Waals surface area (Å²) in [6, 6.07) is 8.32. The minimum atomic E-state index is -1.06. The molecule has 3 aromatic rings. The Morgan fingerprint density at radius 1 is 1.25 bits per heavy atom. The molecule has 0 aliphatic heterocycles. The molecular formula is C19H22ClN5O3. The number of nitrogens with zero attached hydrogens (tertiary/aromatic N) is 3. The van der Waals surface area contributed by atoms with Crippen molar-refractivity contribution < 1.29 is 15.3 Å². The van der Waals surface area contributed by atoms with E-state index in [1.165, 1.54) is 6.33 Å². The van der Waals surface area contributed by atoms with Gasteiger partial charge in [0.1, 0.15) is 11.8 Å². The summed E-state index contributed by atoms with van der Waals surface area (Å²) in [6.45, 7) is 0. The largest absolute Gasteiger partial charge is 0.390 e. The monoisotopic (exact) mass is 403 g/mol. The van der Waals surface area contributed by atoms with Crippen LogP contribution >= 0.6 is 11.6 Å². The lowest BCUT2D eigenvalue weighted by Crippen LogP contribution is -2.31. The number of aliphatic hydroxyl groups excluding tert-OH is 3. The summed E-state index contributed by atoms with van der Waals surface area (Å²) in [5, 5.41) is 37.6. The van der Waals surface area contributed by atoms with E-state index < -0.39 is 30.3 Å². The second-order valence-corrected chi connectivity index (χ2v) is 7.43. The fourth-order valence-electron chi connectivity index (χ4n) is 4.02. The summed E-state index contributed by atoms with van der Waals surface area (Å²) in [5.74, 6) is -0.512. The van der Waals surface area contributed by atoms with E-state index in [1.54, 1.807) is 31.3 Å². The highest BCUT2D eigenvalue weighted by atomic mass is 35.5. The standard InChI is InChI=1S/C19H22ClN5O3/c1-21-24-18-12-6-7-25(19(12)23-9-22-18)14-8-13(16(27)17(14)28)15(26)10-2-4-11(20)5-3-10/h2-7,9,13-17,21,26-28H,8H2,1H3,(H,22,23,24)/t13-,14-,15-,16-,17+/m1/s1. The van der Waals surface area contributed by atoms with Gasteiger partial charge in [-0.15, -0.1) is 0 Å². The van der Waals surface area contributed by atoms with Crippen LogP contribution in [0.2, 0.25) is 5.02 Å².